The maximum absolute atomic E-state index is 11.2. The van der Waals surface area contributed by atoms with E-state index in [0.29, 0.717) is 5.69 Å². The van der Waals surface area contributed by atoms with E-state index in [4.69, 9.17) is 0 Å². The Bertz CT molecular complexity index is 647. The number of hydrogen-bond acceptors (Lipinski definition) is 2. The Kier molecular flexibility index (Phi) is 4.32. The third kappa shape index (κ3) is 3.43. The van der Waals surface area contributed by atoms with E-state index in [2.05, 4.69) is 38.2 Å². The van der Waals surface area contributed by atoms with Crippen molar-refractivity contribution < 1.29 is 9.90 Å². The third-order valence-electron chi connectivity index (χ3n) is 3.96. The number of benzene rings is 2. The average molecular weight is 283 g/mol. The van der Waals surface area contributed by atoms with Gasteiger partial charge in [-0.25, -0.2) is 4.79 Å². The van der Waals surface area contributed by atoms with Gasteiger partial charge in [0, 0.05) is 5.69 Å². The van der Waals surface area contributed by atoms with Crippen molar-refractivity contribution in [2.75, 3.05) is 5.32 Å². The Hall–Kier alpha value is -2.29. The van der Waals surface area contributed by atoms with Crippen molar-refractivity contribution >= 4 is 17.3 Å². The summed E-state index contributed by atoms with van der Waals surface area (Å²) in [6.45, 7) is 6.58. The van der Waals surface area contributed by atoms with E-state index in [0.717, 1.165) is 12.1 Å². The second kappa shape index (κ2) is 6.00. The first-order valence-electron chi connectivity index (χ1n) is 7.14. The zero-order valence-electron chi connectivity index (χ0n) is 12.7. The monoisotopic (exact) mass is 283 g/mol. The number of anilines is 2. The van der Waals surface area contributed by atoms with Crippen LogP contribution in [0.4, 0.5) is 11.4 Å². The summed E-state index contributed by atoms with van der Waals surface area (Å²) in [5.74, 6) is -0.928. The van der Waals surface area contributed by atoms with Crippen LogP contribution in [0, 0.1) is 0 Å². The summed E-state index contributed by atoms with van der Waals surface area (Å²) in [4.78, 5) is 11.2. The molecule has 0 aliphatic carbocycles. The third-order valence-corrected chi connectivity index (χ3v) is 3.96. The lowest BCUT2D eigenvalue weighted by Gasteiger charge is -2.24. The van der Waals surface area contributed by atoms with E-state index in [-0.39, 0.29) is 11.0 Å². The van der Waals surface area contributed by atoms with Crippen molar-refractivity contribution in [3.63, 3.8) is 0 Å². The SMILES string of the molecule is CCC(C)(C)c1cccc(Nc2ccccc2C(=O)O)c1. The fourth-order valence-electron chi connectivity index (χ4n) is 2.16. The minimum Gasteiger partial charge on any atom is -0.478 e. The minimum absolute atomic E-state index is 0.101. The molecule has 0 aromatic heterocycles. The van der Waals surface area contributed by atoms with Crippen molar-refractivity contribution in [1.29, 1.82) is 0 Å². The first kappa shape index (κ1) is 15.1. The molecule has 0 bridgehead atoms. The predicted molar refractivity (Wildman–Crippen MR) is 86.4 cm³/mol. The molecule has 0 aliphatic heterocycles. The van der Waals surface area contributed by atoms with Crippen LogP contribution < -0.4 is 5.32 Å². The van der Waals surface area contributed by atoms with Crippen LogP contribution in [0.2, 0.25) is 0 Å². The maximum atomic E-state index is 11.2. The fourth-order valence-corrected chi connectivity index (χ4v) is 2.16. The van der Waals surface area contributed by atoms with Crippen LogP contribution in [0.3, 0.4) is 0 Å². The van der Waals surface area contributed by atoms with E-state index in [1.807, 2.05) is 18.2 Å². The summed E-state index contributed by atoms with van der Waals surface area (Å²) in [7, 11) is 0. The molecular formula is C18H21NO2. The highest BCUT2D eigenvalue weighted by Gasteiger charge is 2.18. The summed E-state index contributed by atoms with van der Waals surface area (Å²) < 4.78 is 0. The predicted octanol–water partition coefficient (Wildman–Crippen LogP) is 4.82. The molecule has 21 heavy (non-hydrogen) atoms. The van der Waals surface area contributed by atoms with E-state index >= 15 is 0 Å². The lowest BCUT2D eigenvalue weighted by molar-refractivity contribution is 0.0698. The number of nitrogens with one attached hydrogen (secondary N) is 1. The Morgan fingerprint density at radius 1 is 1.14 bits per heavy atom. The van der Waals surface area contributed by atoms with E-state index < -0.39 is 5.97 Å². The zero-order chi connectivity index (χ0) is 15.5. The standard InChI is InChI=1S/C18H21NO2/c1-4-18(2,3)13-8-7-9-14(12-13)19-16-11-6-5-10-15(16)17(20)21/h5-12,19H,4H2,1-3H3,(H,20,21). The topological polar surface area (TPSA) is 49.3 Å². The molecule has 0 spiro atoms. The van der Waals surface area contributed by atoms with Crippen LogP contribution in [-0.4, -0.2) is 11.1 Å². The molecule has 2 N–H and O–H groups in total. The number of carboxylic acid groups (broad SMARTS) is 1. The molecule has 110 valence electrons. The maximum Gasteiger partial charge on any atom is 0.337 e. The molecule has 0 aliphatic rings. The van der Waals surface area contributed by atoms with Gasteiger partial charge in [0.1, 0.15) is 0 Å². The van der Waals surface area contributed by atoms with Gasteiger partial charge < -0.3 is 10.4 Å². The molecule has 2 rings (SSSR count). The molecule has 0 fully saturated rings. The highest BCUT2D eigenvalue weighted by atomic mass is 16.4. The summed E-state index contributed by atoms with van der Waals surface area (Å²) in [6.07, 6.45) is 1.04. The highest BCUT2D eigenvalue weighted by Crippen LogP contribution is 2.30. The summed E-state index contributed by atoms with van der Waals surface area (Å²) >= 11 is 0. The van der Waals surface area contributed by atoms with Crippen molar-refractivity contribution in [1.82, 2.24) is 0 Å². The van der Waals surface area contributed by atoms with E-state index in [1.165, 1.54) is 5.56 Å². The molecule has 0 saturated carbocycles. The van der Waals surface area contributed by atoms with Gasteiger partial charge in [-0.2, -0.15) is 0 Å². The summed E-state index contributed by atoms with van der Waals surface area (Å²) in [5.41, 5.74) is 3.13. The first-order chi connectivity index (χ1) is 9.94. The Morgan fingerprint density at radius 2 is 1.86 bits per heavy atom. The number of carboxylic acids is 1. The van der Waals surface area contributed by atoms with Gasteiger partial charge >= 0.3 is 5.97 Å². The van der Waals surface area contributed by atoms with Crippen molar-refractivity contribution in [2.24, 2.45) is 0 Å². The first-order valence-corrected chi connectivity index (χ1v) is 7.14. The van der Waals surface area contributed by atoms with Crippen molar-refractivity contribution in [3.8, 4) is 0 Å². The number of para-hydroxylation sites is 1. The molecule has 3 nitrogen and oxygen atoms in total. The summed E-state index contributed by atoms with van der Waals surface area (Å²) in [6, 6.07) is 15.1. The quantitative estimate of drug-likeness (QED) is 0.827. The van der Waals surface area contributed by atoms with Gasteiger partial charge in [0.25, 0.3) is 0 Å². The Labute approximate surface area is 125 Å². The number of rotatable bonds is 5. The van der Waals surface area contributed by atoms with Crippen LogP contribution in [0.5, 0.6) is 0 Å². The molecule has 2 aromatic rings. The number of hydrogen-bond donors (Lipinski definition) is 2. The van der Waals surface area contributed by atoms with Crippen molar-refractivity contribution in [2.45, 2.75) is 32.6 Å². The lowest BCUT2D eigenvalue weighted by Crippen LogP contribution is -2.15. The highest BCUT2D eigenvalue weighted by molar-refractivity contribution is 5.95. The zero-order valence-corrected chi connectivity index (χ0v) is 12.7. The van der Waals surface area contributed by atoms with Gasteiger partial charge in [-0.3, -0.25) is 0 Å². The van der Waals surface area contributed by atoms with Crippen LogP contribution >= 0.6 is 0 Å². The number of aromatic carboxylic acids is 1. The molecule has 0 unspecified atom stereocenters. The summed E-state index contributed by atoms with van der Waals surface area (Å²) in [5, 5.41) is 12.4. The van der Waals surface area contributed by atoms with Gasteiger partial charge in [0.05, 0.1) is 11.3 Å². The van der Waals surface area contributed by atoms with Crippen LogP contribution in [0.15, 0.2) is 48.5 Å². The molecule has 0 radical (unpaired) electrons. The number of carbonyl (C=O) groups is 1. The Balaban J connectivity index is 2.33. The van der Waals surface area contributed by atoms with Gasteiger partial charge in [-0.05, 0) is 41.7 Å². The van der Waals surface area contributed by atoms with Gasteiger partial charge in [0.15, 0.2) is 0 Å². The lowest BCUT2D eigenvalue weighted by atomic mass is 9.82. The van der Waals surface area contributed by atoms with Gasteiger partial charge in [-0.1, -0.05) is 45.0 Å². The smallest absolute Gasteiger partial charge is 0.337 e. The second-order valence-corrected chi connectivity index (χ2v) is 5.79. The minimum atomic E-state index is -0.928. The average Bonchev–Trinajstić information content (AvgIpc) is 2.48. The Morgan fingerprint density at radius 3 is 2.52 bits per heavy atom. The molecule has 0 amide bonds. The van der Waals surface area contributed by atoms with Crippen LogP contribution in [0.25, 0.3) is 0 Å². The molecule has 3 heteroatoms. The van der Waals surface area contributed by atoms with Crippen LogP contribution in [0.1, 0.15) is 43.1 Å². The molecule has 0 atom stereocenters. The van der Waals surface area contributed by atoms with E-state index in [9.17, 15) is 9.90 Å². The van der Waals surface area contributed by atoms with E-state index in [1.54, 1.807) is 18.2 Å². The fraction of sp³-hybridized carbons (Fsp3) is 0.278. The molecule has 2 aromatic carbocycles. The van der Waals surface area contributed by atoms with Gasteiger partial charge in [0.2, 0.25) is 0 Å². The molecule has 0 saturated heterocycles. The largest absolute Gasteiger partial charge is 0.478 e. The second-order valence-electron chi connectivity index (χ2n) is 5.79. The van der Waals surface area contributed by atoms with Crippen LogP contribution in [-0.2, 0) is 5.41 Å². The van der Waals surface area contributed by atoms with Gasteiger partial charge in [-0.15, -0.1) is 0 Å². The normalized spacial score (nSPS) is 11.2. The molecule has 0 heterocycles. The van der Waals surface area contributed by atoms with Crippen molar-refractivity contribution in [3.05, 3.63) is 59.7 Å². The molecular weight excluding hydrogens is 262 g/mol.